The summed E-state index contributed by atoms with van der Waals surface area (Å²) < 4.78 is 21.3. The van der Waals surface area contributed by atoms with Gasteiger partial charge in [-0.3, -0.25) is 9.59 Å². The Morgan fingerprint density at radius 2 is 1.89 bits per heavy atom. The highest BCUT2D eigenvalue weighted by Crippen LogP contribution is 2.37. The minimum atomic E-state index is -0.801. The van der Waals surface area contributed by atoms with Crippen molar-refractivity contribution in [3.8, 4) is 0 Å². The lowest BCUT2D eigenvalue weighted by molar-refractivity contribution is -0.157. The zero-order valence-corrected chi connectivity index (χ0v) is 9.53. The fraction of sp³-hybridized carbons (Fsp3) is 0.667. The molecular formula is C12H12O6. The molecule has 0 N–H and O–H groups in total. The molecule has 3 saturated heterocycles. The summed E-state index contributed by atoms with van der Waals surface area (Å²) in [7, 11) is 0. The van der Waals surface area contributed by atoms with Crippen LogP contribution in [0, 0.1) is 5.92 Å². The summed E-state index contributed by atoms with van der Waals surface area (Å²) in [6, 6.07) is 0. The quantitative estimate of drug-likeness (QED) is 0.630. The van der Waals surface area contributed by atoms with Crippen LogP contribution in [-0.4, -0.2) is 49.6 Å². The first-order chi connectivity index (χ1) is 8.72. The van der Waals surface area contributed by atoms with E-state index in [2.05, 4.69) is 0 Å². The van der Waals surface area contributed by atoms with Crippen molar-refractivity contribution in [2.45, 2.75) is 31.2 Å². The Labute approximate surface area is 103 Å². The van der Waals surface area contributed by atoms with Gasteiger partial charge in [-0.1, -0.05) is 0 Å². The molecule has 5 unspecified atom stereocenters. The Hall–Kier alpha value is -1.08. The van der Waals surface area contributed by atoms with Crippen LogP contribution >= 0.6 is 0 Å². The molecule has 0 amide bonds. The second-order valence-corrected chi connectivity index (χ2v) is 4.94. The summed E-state index contributed by atoms with van der Waals surface area (Å²) >= 11 is 0. The van der Waals surface area contributed by atoms with Crippen LogP contribution in [0.4, 0.5) is 0 Å². The monoisotopic (exact) mass is 252 g/mol. The fourth-order valence-electron chi connectivity index (χ4n) is 2.92. The Morgan fingerprint density at radius 3 is 2.78 bits per heavy atom. The predicted octanol–water partition coefficient (Wildman–Crippen LogP) is -0.433. The van der Waals surface area contributed by atoms with Gasteiger partial charge in [-0.15, -0.1) is 0 Å². The predicted molar refractivity (Wildman–Crippen MR) is 55.4 cm³/mol. The van der Waals surface area contributed by atoms with Crippen molar-refractivity contribution in [3.63, 3.8) is 0 Å². The number of fused-ring (bicyclic) bond motifs is 4. The molecule has 6 nitrogen and oxygen atoms in total. The highest BCUT2D eigenvalue weighted by Gasteiger charge is 2.49. The lowest BCUT2D eigenvalue weighted by Crippen LogP contribution is -2.41. The number of Topliss-reactive ketones (excluding diaryl/α,β-unsaturated/α-hetero) is 2. The largest absolute Gasteiger partial charge is 0.343 e. The zero-order valence-electron chi connectivity index (χ0n) is 9.53. The van der Waals surface area contributed by atoms with E-state index in [1.54, 1.807) is 6.08 Å². The molecule has 4 aliphatic heterocycles. The Kier molecular flexibility index (Phi) is 2.23. The highest BCUT2D eigenvalue weighted by atomic mass is 16.7. The van der Waals surface area contributed by atoms with Crippen LogP contribution in [0.25, 0.3) is 0 Å². The molecule has 4 aliphatic rings. The van der Waals surface area contributed by atoms with Gasteiger partial charge in [0.05, 0.1) is 19.3 Å². The summed E-state index contributed by atoms with van der Waals surface area (Å²) in [6.45, 7) is 0.758. The molecule has 4 bridgehead atoms. The molecule has 0 saturated carbocycles. The molecule has 0 spiro atoms. The van der Waals surface area contributed by atoms with Gasteiger partial charge in [0, 0.05) is 17.9 Å². The van der Waals surface area contributed by atoms with Gasteiger partial charge in [0.25, 0.3) is 0 Å². The van der Waals surface area contributed by atoms with Gasteiger partial charge in [0.15, 0.2) is 5.78 Å². The third kappa shape index (κ3) is 1.43. The van der Waals surface area contributed by atoms with Gasteiger partial charge in [0.2, 0.25) is 18.4 Å². The maximum atomic E-state index is 12.1. The third-order valence-corrected chi connectivity index (χ3v) is 3.82. The van der Waals surface area contributed by atoms with E-state index in [4.69, 9.17) is 18.9 Å². The third-order valence-electron chi connectivity index (χ3n) is 3.82. The number of ether oxygens (including phenoxy) is 4. The zero-order chi connectivity index (χ0) is 12.3. The minimum absolute atomic E-state index is 0.0952. The summed E-state index contributed by atoms with van der Waals surface area (Å²) in [5, 5.41) is 0. The van der Waals surface area contributed by atoms with E-state index in [-0.39, 0.29) is 29.7 Å². The van der Waals surface area contributed by atoms with Crippen molar-refractivity contribution in [2.24, 2.45) is 5.92 Å². The smallest absolute Gasteiger partial charge is 0.223 e. The van der Waals surface area contributed by atoms with Crippen LogP contribution in [-0.2, 0) is 28.5 Å². The minimum Gasteiger partial charge on any atom is -0.343 e. The standard InChI is InChI=1S/C12H12O6/c13-8-2-6(9-4-16-11(8)18-9)7-1-5-3-15-12(17-5)10(7)14/h1,5-6,9,11-12H,2-4H2. The molecule has 4 heterocycles. The van der Waals surface area contributed by atoms with Crippen molar-refractivity contribution < 1.29 is 28.5 Å². The molecule has 0 aromatic rings. The van der Waals surface area contributed by atoms with Crippen LogP contribution in [0.2, 0.25) is 0 Å². The van der Waals surface area contributed by atoms with Gasteiger partial charge >= 0.3 is 0 Å². The lowest BCUT2D eigenvalue weighted by Gasteiger charge is -2.30. The number of hydrogen-bond donors (Lipinski definition) is 0. The number of ketones is 2. The van der Waals surface area contributed by atoms with Gasteiger partial charge in [-0.05, 0) is 6.08 Å². The molecule has 0 aromatic carbocycles. The molecule has 18 heavy (non-hydrogen) atoms. The van der Waals surface area contributed by atoms with Gasteiger partial charge in [-0.25, -0.2) is 0 Å². The van der Waals surface area contributed by atoms with Crippen LogP contribution in [0.3, 0.4) is 0 Å². The van der Waals surface area contributed by atoms with Crippen molar-refractivity contribution in [1.29, 1.82) is 0 Å². The number of carbonyl (C=O) groups is 2. The normalized spacial score (nSPS) is 46.4. The van der Waals surface area contributed by atoms with E-state index in [1.807, 2.05) is 0 Å². The van der Waals surface area contributed by atoms with Crippen molar-refractivity contribution in [3.05, 3.63) is 11.6 Å². The average molecular weight is 252 g/mol. The summed E-state index contributed by atoms with van der Waals surface area (Å²) in [4.78, 5) is 23.9. The first-order valence-corrected chi connectivity index (χ1v) is 6.05. The fourth-order valence-corrected chi connectivity index (χ4v) is 2.92. The molecule has 3 fully saturated rings. The molecular weight excluding hydrogens is 240 g/mol. The van der Waals surface area contributed by atoms with E-state index in [0.717, 1.165) is 0 Å². The van der Waals surface area contributed by atoms with Crippen LogP contribution in [0.1, 0.15) is 6.42 Å². The lowest BCUT2D eigenvalue weighted by atomic mass is 9.83. The van der Waals surface area contributed by atoms with Gasteiger partial charge < -0.3 is 18.9 Å². The molecule has 6 heteroatoms. The van der Waals surface area contributed by atoms with Crippen LogP contribution < -0.4 is 0 Å². The number of carbonyl (C=O) groups excluding carboxylic acids is 2. The molecule has 0 aliphatic carbocycles. The highest BCUT2D eigenvalue weighted by molar-refractivity contribution is 6.00. The first kappa shape index (κ1) is 10.8. The Balaban J connectivity index is 1.66. The van der Waals surface area contributed by atoms with E-state index in [9.17, 15) is 9.59 Å². The summed E-state index contributed by atoms with van der Waals surface area (Å²) in [6.07, 6.45) is 0.149. The first-order valence-electron chi connectivity index (χ1n) is 6.05. The summed E-state index contributed by atoms with van der Waals surface area (Å²) in [5.74, 6) is -0.503. The topological polar surface area (TPSA) is 71.1 Å². The van der Waals surface area contributed by atoms with E-state index < -0.39 is 12.6 Å². The molecule has 0 aromatic heterocycles. The number of hydrogen-bond acceptors (Lipinski definition) is 6. The Bertz CT molecular complexity index is 455. The van der Waals surface area contributed by atoms with E-state index in [1.165, 1.54) is 0 Å². The summed E-state index contributed by atoms with van der Waals surface area (Å²) in [5.41, 5.74) is 0.607. The van der Waals surface area contributed by atoms with E-state index in [0.29, 0.717) is 25.2 Å². The van der Waals surface area contributed by atoms with Crippen LogP contribution in [0.5, 0.6) is 0 Å². The van der Waals surface area contributed by atoms with Crippen LogP contribution in [0.15, 0.2) is 11.6 Å². The second-order valence-electron chi connectivity index (χ2n) is 4.94. The van der Waals surface area contributed by atoms with E-state index >= 15 is 0 Å². The van der Waals surface area contributed by atoms with Crippen molar-refractivity contribution in [2.75, 3.05) is 13.2 Å². The SMILES string of the molecule is O=C1CC(C2=CC3COC(O3)C2=O)C2COC1O2. The Morgan fingerprint density at radius 1 is 1.06 bits per heavy atom. The van der Waals surface area contributed by atoms with Gasteiger partial charge in [-0.2, -0.15) is 0 Å². The maximum absolute atomic E-state index is 12.1. The molecule has 0 radical (unpaired) electrons. The maximum Gasteiger partial charge on any atom is 0.223 e. The molecule has 96 valence electrons. The van der Waals surface area contributed by atoms with Crippen molar-refractivity contribution in [1.82, 2.24) is 0 Å². The second kappa shape index (κ2) is 3.71. The molecule has 4 rings (SSSR count). The van der Waals surface area contributed by atoms with Gasteiger partial charge in [0.1, 0.15) is 6.10 Å². The number of rotatable bonds is 1. The average Bonchev–Trinajstić information content (AvgIpc) is 2.96. The van der Waals surface area contributed by atoms with Crippen molar-refractivity contribution >= 4 is 11.6 Å². The molecule has 5 atom stereocenters.